The van der Waals surface area contributed by atoms with Gasteiger partial charge in [0.1, 0.15) is 5.82 Å². The second kappa shape index (κ2) is 6.95. The first-order valence-corrected chi connectivity index (χ1v) is 6.20. The molecule has 0 bridgehead atoms. The van der Waals surface area contributed by atoms with Crippen LogP contribution in [-0.4, -0.2) is 27.0 Å². The number of hydrogen-bond donors (Lipinski definition) is 2. The smallest absolute Gasteiger partial charge is 0.328 e. The van der Waals surface area contributed by atoms with E-state index in [0.717, 1.165) is 6.08 Å². The third-order valence-corrected chi connectivity index (χ3v) is 2.54. The zero-order valence-electron chi connectivity index (χ0n) is 11.1. The van der Waals surface area contributed by atoms with Gasteiger partial charge in [0.2, 0.25) is 5.91 Å². The third-order valence-electron chi connectivity index (χ3n) is 2.54. The molecule has 0 aliphatic carbocycles. The van der Waals surface area contributed by atoms with Crippen LogP contribution in [-0.2, 0) is 16.0 Å². The van der Waals surface area contributed by atoms with E-state index in [2.05, 4.69) is 15.3 Å². The molecule has 2 aromatic rings. The van der Waals surface area contributed by atoms with Crippen LogP contribution in [0.5, 0.6) is 0 Å². The molecule has 6 heteroatoms. The minimum absolute atomic E-state index is 0.151. The molecule has 0 aliphatic heterocycles. The molecule has 2 N–H and O–H groups in total. The Morgan fingerprint density at radius 1 is 1.19 bits per heavy atom. The number of aromatic nitrogens is 2. The van der Waals surface area contributed by atoms with Gasteiger partial charge in [0.25, 0.3) is 0 Å². The fraction of sp³-hybridized carbons (Fsp3) is 0.0667. The van der Waals surface area contributed by atoms with Crippen LogP contribution in [0.3, 0.4) is 0 Å². The molecule has 1 amide bonds. The summed E-state index contributed by atoms with van der Waals surface area (Å²) in [6, 6.07) is 8.59. The first-order chi connectivity index (χ1) is 10.1. The molecule has 0 radical (unpaired) electrons. The number of rotatable bonds is 5. The van der Waals surface area contributed by atoms with Gasteiger partial charge < -0.3 is 10.4 Å². The van der Waals surface area contributed by atoms with Crippen molar-refractivity contribution >= 4 is 23.8 Å². The molecule has 21 heavy (non-hydrogen) atoms. The lowest BCUT2D eigenvalue weighted by molar-refractivity contribution is -0.131. The molecular formula is C15H13N3O3. The quantitative estimate of drug-likeness (QED) is 0.816. The summed E-state index contributed by atoms with van der Waals surface area (Å²) in [5.74, 6) is -0.906. The lowest BCUT2D eigenvalue weighted by Gasteiger charge is -2.04. The maximum absolute atomic E-state index is 11.9. The Kier molecular flexibility index (Phi) is 4.76. The fourth-order valence-electron chi connectivity index (χ4n) is 1.64. The van der Waals surface area contributed by atoms with E-state index in [-0.39, 0.29) is 12.3 Å². The zero-order chi connectivity index (χ0) is 15.1. The van der Waals surface area contributed by atoms with E-state index in [1.54, 1.807) is 30.5 Å². The van der Waals surface area contributed by atoms with E-state index >= 15 is 0 Å². The molecule has 0 saturated carbocycles. The van der Waals surface area contributed by atoms with Crippen molar-refractivity contribution in [3.05, 3.63) is 60.1 Å². The number of aliphatic carboxylic acids is 1. The van der Waals surface area contributed by atoms with Gasteiger partial charge in [0.15, 0.2) is 0 Å². The fourth-order valence-corrected chi connectivity index (χ4v) is 1.64. The van der Waals surface area contributed by atoms with E-state index in [9.17, 15) is 9.59 Å². The average molecular weight is 283 g/mol. The Bertz CT molecular complexity index is 669. The highest BCUT2D eigenvalue weighted by Crippen LogP contribution is 2.09. The molecule has 2 rings (SSSR count). The molecule has 6 nitrogen and oxygen atoms in total. The molecule has 0 aliphatic rings. The predicted octanol–water partition coefficient (Wildman–Crippen LogP) is 1.76. The van der Waals surface area contributed by atoms with Crippen LogP contribution in [0.1, 0.15) is 11.3 Å². The first-order valence-electron chi connectivity index (χ1n) is 6.20. The Morgan fingerprint density at radius 3 is 2.76 bits per heavy atom. The van der Waals surface area contributed by atoms with Crippen molar-refractivity contribution < 1.29 is 14.7 Å². The summed E-state index contributed by atoms with van der Waals surface area (Å²) in [5.41, 5.74) is 1.30. The number of carbonyl (C=O) groups is 2. The zero-order valence-corrected chi connectivity index (χ0v) is 11.1. The molecule has 0 unspecified atom stereocenters. The molecule has 106 valence electrons. The Balaban J connectivity index is 2.01. The largest absolute Gasteiger partial charge is 0.478 e. The Hall–Kier alpha value is -3.02. The monoisotopic (exact) mass is 283 g/mol. The summed E-state index contributed by atoms with van der Waals surface area (Å²) in [7, 11) is 0. The molecule has 2 heterocycles. The van der Waals surface area contributed by atoms with Gasteiger partial charge in [-0.2, -0.15) is 0 Å². The van der Waals surface area contributed by atoms with E-state index in [1.165, 1.54) is 12.3 Å². The summed E-state index contributed by atoms with van der Waals surface area (Å²) < 4.78 is 0. The highest BCUT2D eigenvalue weighted by atomic mass is 16.4. The number of carboxylic acids is 1. The lowest BCUT2D eigenvalue weighted by atomic mass is 10.2. The van der Waals surface area contributed by atoms with Gasteiger partial charge in [-0.15, -0.1) is 0 Å². The molecule has 0 spiro atoms. The highest BCUT2D eigenvalue weighted by molar-refractivity contribution is 5.91. The molecule has 0 atom stereocenters. The van der Waals surface area contributed by atoms with Gasteiger partial charge in [0, 0.05) is 24.2 Å². The topological polar surface area (TPSA) is 92.2 Å². The van der Waals surface area contributed by atoms with Crippen molar-refractivity contribution in [3.8, 4) is 0 Å². The molecular weight excluding hydrogens is 270 g/mol. The van der Waals surface area contributed by atoms with Crippen LogP contribution in [0.4, 0.5) is 5.82 Å². The van der Waals surface area contributed by atoms with Crippen molar-refractivity contribution in [2.75, 3.05) is 5.32 Å². The number of amides is 1. The normalized spacial score (nSPS) is 10.5. The van der Waals surface area contributed by atoms with E-state index in [1.807, 2.05) is 6.07 Å². The number of nitrogens with one attached hydrogen (secondary N) is 1. The van der Waals surface area contributed by atoms with Crippen LogP contribution >= 0.6 is 0 Å². The third kappa shape index (κ3) is 4.87. The van der Waals surface area contributed by atoms with Crippen LogP contribution in [0, 0.1) is 0 Å². The highest BCUT2D eigenvalue weighted by Gasteiger charge is 2.05. The van der Waals surface area contributed by atoms with Crippen LogP contribution in [0.25, 0.3) is 6.08 Å². The van der Waals surface area contributed by atoms with Gasteiger partial charge in [-0.25, -0.2) is 9.78 Å². The number of hydrogen-bond acceptors (Lipinski definition) is 4. The number of anilines is 1. The van der Waals surface area contributed by atoms with Crippen molar-refractivity contribution in [1.82, 2.24) is 9.97 Å². The van der Waals surface area contributed by atoms with E-state index < -0.39 is 5.97 Å². The number of carboxylic acid groups (broad SMARTS) is 1. The summed E-state index contributed by atoms with van der Waals surface area (Å²) >= 11 is 0. The lowest BCUT2D eigenvalue weighted by Crippen LogP contribution is -2.15. The maximum Gasteiger partial charge on any atom is 0.328 e. The summed E-state index contributed by atoms with van der Waals surface area (Å²) in [5, 5.41) is 11.2. The van der Waals surface area contributed by atoms with Gasteiger partial charge in [-0.05, 0) is 35.9 Å². The van der Waals surface area contributed by atoms with Gasteiger partial charge >= 0.3 is 5.97 Å². The summed E-state index contributed by atoms with van der Waals surface area (Å²) in [4.78, 5) is 30.4. The number of pyridine rings is 2. The molecule has 0 saturated heterocycles. The van der Waals surface area contributed by atoms with Gasteiger partial charge in [-0.3, -0.25) is 9.78 Å². The minimum atomic E-state index is -1.03. The van der Waals surface area contributed by atoms with Crippen molar-refractivity contribution in [1.29, 1.82) is 0 Å². The van der Waals surface area contributed by atoms with Gasteiger partial charge in [-0.1, -0.05) is 6.07 Å². The Morgan fingerprint density at radius 2 is 2.05 bits per heavy atom. The van der Waals surface area contributed by atoms with E-state index in [0.29, 0.717) is 17.1 Å². The maximum atomic E-state index is 11.9. The minimum Gasteiger partial charge on any atom is -0.478 e. The van der Waals surface area contributed by atoms with E-state index in [4.69, 9.17) is 5.11 Å². The van der Waals surface area contributed by atoms with Crippen LogP contribution in [0.15, 0.2) is 48.8 Å². The SMILES string of the molecule is O=C(O)/C=C/c1ccnc(NC(=O)Cc2ccccn2)c1. The number of carbonyl (C=O) groups excluding carboxylic acids is 1. The first kappa shape index (κ1) is 14.4. The summed E-state index contributed by atoms with van der Waals surface area (Å²) in [6.45, 7) is 0. The van der Waals surface area contributed by atoms with Gasteiger partial charge in [0.05, 0.1) is 6.42 Å². The van der Waals surface area contributed by atoms with Crippen LogP contribution < -0.4 is 5.32 Å². The average Bonchev–Trinajstić information content (AvgIpc) is 2.46. The standard InChI is InChI=1S/C15H13N3O3/c19-14(10-12-3-1-2-7-16-12)18-13-9-11(6-8-17-13)4-5-15(20)21/h1-9H,10H2,(H,20,21)(H,17,18,19)/b5-4+. The predicted molar refractivity (Wildman–Crippen MR) is 77.5 cm³/mol. The Labute approximate surface area is 121 Å². The molecule has 0 aromatic carbocycles. The van der Waals surface area contributed by atoms with Crippen molar-refractivity contribution in [2.45, 2.75) is 6.42 Å². The second-order valence-corrected chi connectivity index (χ2v) is 4.19. The van der Waals surface area contributed by atoms with Crippen molar-refractivity contribution in [3.63, 3.8) is 0 Å². The molecule has 0 fully saturated rings. The summed E-state index contributed by atoms with van der Waals surface area (Å²) in [6.07, 6.45) is 5.72. The van der Waals surface area contributed by atoms with Crippen molar-refractivity contribution in [2.24, 2.45) is 0 Å². The van der Waals surface area contributed by atoms with Crippen LogP contribution in [0.2, 0.25) is 0 Å². The second-order valence-electron chi connectivity index (χ2n) is 4.19. The number of nitrogens with zero attached hydrogens (tertiary/aromatic N) is 2. The molecule has 2 aromatic heterocycles.